The van der Waals surface area contributed by atoms with Crippen LogP contribution in [0.4, 0.5) is 0 Å². The molecule has 140 valence electrons. The molecule has 9 heteroatoms. The Hall–Kier alpha value is -1.99. The Bertz CT molecular complexity index is 934. The van der Waals surface area contributed by atoms with Crippen molar-refractivity contribution in [3.05, 3.63) is 32.7 Å². The van der Waals surface area contributed by atoms with Crippen molar-refractivity contribution in [1.29, 1.82) is 0 Å². The molecule has 1 aromatic carbocycles. The van der Waals surface area contributed by atoms with Gasteiger partial charge in [-0.05, 0) is 25.0 Å². The first-order chi connectivity index (χ1) is 12.3. The number of carbonyl (C=O) groups is 2. The second-order valence-corrected chi connectivity index (χ2v) is 7.38. The maximum atomic E-state index is 12.7. The zero-order valence-corrected chi connectivity index (χ0v) is 16.1. The molecule has 2 aromatic rings. The highest BCUT2D eigenvalue weighted by Gasteiger charge is 2.25. The number of rotatable bonds is 3. The Balaban J connectivity index is 1.85. The van der Waals surface area contributed by atoms with E-state index in [0.29, 0.717) is 34.2 Å². The molecule has 0 bridgehead atoms. The van der Waals surface area contributed by atoms with E-state index in [1.54, 1.807) is 24.1 Å². The predicted octanol–water partition coefficient (Wildman–Crippen LogP) is 1.77. The highest BCUT2D eigenvalue weighted by atomic mass is 35.5. The third-order valence-electron chi connectivity index (χ3n) is 4.66. The molecule has 0 spiro atoms. The van der Waals surface area contributed by atoms with Crippen molar-refractivity contribution >= 4 is 46.0 Å². The average Bonchev–Trinajstić information content (AvgIpc) is 2.80. The third-order valence-corrected chi connectivity index (χ3v) is 5.38. The zero-order valence-electron chi connectivity index (χ0n) is 14.6. The average molecular weight is 399 g/mol. The second kappa shape index (κ2) is 7.32. The third kappa shape index (κ3) is 3.59. The van der Waals surface area contributed by atoms with Crippen LogP contribution in [-0.2, 0) is 23.2 Å². The monoisotopic (exact) mass is 398 g/mol. The van der Waals surface area contributed by atoms with E-state index in [4.69, 9.17) is 23.2 Å². The molecule has 2 amide bonds. The van der Waals surface area contributed by atoms with Crippen molar-refractivity contribution in [1.82, 2.24) is 19.4 Å². The molecule has 1 aromatic heterocycles. The van der Waals surface area contributed by atoms with E-state index in [-0.39, 0.29) is 30.1 Å². The zero-order chi connectivity index (χ0) is 19.0. The van der Waals surface area contributed by atoms with Crippen LogP contribution in [0.2, 0.25) is 10.0 Å². The molecule has 0 radical (unpaired) electrons. The number of nitrogens with one attached hydrogen (secondary N) is 1. The molecule has 1 saturated heterocycles. The number of amides is 2. The Labute approximate surface area is 160 Å². The van der Waals surface area contributed by atoms with Gasteiger partial charge >= 0.3 is 5.69 Å². The minimum absolute atomic E-state index is 0.0531. The molecule has 1 aliphatic rings. The number of nitrogens with zero attached hydrogens (tertiary/aromatic N) is 3. The lowest BCUT2D eigenvalue weighted by Gasteiger charge is -2.33. The summed E-state index contributed by atoms with van der Waals surface area (Å²) < 4.78 is 2.85. The van der Waals surface area contributed by atoms with E-state index in [1.807, 2.05) is 0 Å². The largest absolute Gasteiger partial charge is 0.352 e. The van der Waals surface area contributed by atoms with Crippen molar-refractivity contribution in [2.75, 3.05) is 13.1 Å². The van der Waals surface area contributed by atoms with Gasteiger partial charge in [0.1, 0.15) is 6.54 Å². The van der Waals surface area contributed by atoms with Gasteiger partial charge in [-0.3, -0.25) is 18.7 Å². The summed E-state index contributed by atoms with van der Waals surface area (Å²) in [6.45, 7) is 2.44. The number of hydrogen-bond donors (Lipinski definition) is 1. The van der Waals surface area contributed by atoms with Crippen LogP contribution in [0.5, 0.6) is 0 Å². The van der Waals surface area contributed by atoms with Crippen LogP contribution in [0.1, 0.15) is 19.8 Å². The van der Waals surface area contributed by atoms with Crippen molar-refractivity contribution in [3.8, 4) is 0 Å². The predicted molar refractivity (Wildman–Crippen MR) is 101 cm³/mol. The summed E-state index contributed by atoms with van der Waals surface area (Å²) in [5, 5.41) is 3.53. The van der Waals surface area contributed by atoms with Gasteiger partial charge in [0.2, 0.25) is 11.8 Å². The molecular formula is C17H20Cl2N4O3. The minimum Gasteiger partial charge on any atom is -0.352 e. The summed E-state index contributed by atoms with van der Waals surface area (Å²) in [6.07, 6.45) is 1.65. The number of aromatic nitrogens is 2. The first-order valence-corrected chi connectivity index (χ1v) is 9.12. The molecular weight excluding hydrogens is 379 g/mol. The van der Waals surface area contributed by atoms with Gasteiger partial charge in [-0.25, -0.2) is 4.79 Å². The highest BCUT2D eigenvalue weighted by molar-refractivity contribution is 6.42. The van der Waals surface area contributed by atoms with E-state index in [2.05, 4.69) is 5.32 Å². The van der Waals surface area contributed by atoms with Gasteiger partial charge in [-0.2, -0.15) is 0 Å². The first-order valence-electron chi connectivity index (χ1n) is 8.37. The van der Waals surface area contributed by atoms with E-state index in [9.17, 15) is 14.4 Å². The van der Waals surface area contributed by atoms with E-state index >= 15 is 0 Å². The minimum atomic E-state index is -0.304. The SMILES string of the molecule is CC(=O)NC1CCCN(C(=O)Cn2c(=O)n(C)c3cc(Cl)c(Cl)cc32)C1. The standard InChI is InChI=1S/C17H20Cl2N4O3/c1-10(24)20-11-4-3-5-22(8-11)16(25)9-23-15-7-13(19)12(18)6-14(15)21(2)17(23)26/h6-7,11H,3-5,8-9H2,1-2H3,(H,20,24). The summed E-state index contributed by atoms with van der Waals surface area (Å²) in [7, 11) is 1.63. The molecule has 26 heavy (non-hydrogen) atoms. The van der Waals surface area contributed by atoms with Gasteiger partial charge in [0.15, 0.2) is 0 Å². The van der Waals surface area contributed by atoms with Gasteiger partial charge in [0.05, 0.1) is 21.1 Å². The molecule has 1 fully saturated rings. The van der Waals surface area contributed by atoms with Gasteiger partial charge in [0, 0.05) is 33.1 Å². The smallest absolute Gasteiger partial charge is 0.329 e. The number of aryl methyl sites for hydroxylation is 1. The number of benzene rings is 1. The maximum Gasteiger partial charge on any atom is 0.329 e. The summed E-state index contributed by atoms with van der Waals surface area (Å²) in [4.78, 5) is 38.2. The lowest BCUT2D eigenvalue weighted by Crippen LogP contribution is -2.50. The molecule has 1 unspecified atom stereocenters. The van der Waals surface area contributed by atoms with Crippen molar-refractivity contribution < 1.29 is 9.59 Å². The number of piperidine rings is 1. The maximum absolute atomic E-state index is 12.7. The van der Waals surface area contributed by atoms with Crippen molar-refractivity contribution in [3.63, 3.8) is 0 Å². The lowest BCUT2D eigenvalue weighted by atomic mass is 10.1. The van der Waals surface area contributed by atoms with Crippen LogP contribution in [0, 0.1) is 0 Å². The number of fused-ring (bicyclic) bond motifs is 1. The van der Waals surface area contributed by atoms with Gasteiger partial charge in [0.25, 0.3) is 0 Å². The van der Waals surface area contributed by atoms with Gasteiger partial charge in [-0.15, -0.1) is 0 Å². The summed E-state index contributed by atoms with van der Waals surface area (Å²) in [5.41, 5.74) is 0.879. The second-order valence-electron chi connectivity index (χ2n) is 6.56. The number of carbonyl (C=O) groups excluding carboxylic acids is 2. The fraction of sp³-hybridized carbons (Fsp3) is 0.471. The molecule has 1 N–H and O–H groups in total. The van der Waals surface area contributed by atoms with Crippen LogP contribution < -0.4 is 11.0 Å². The fourth-order valence-corrected chi connectivity index (χ4v) is 3.71. The Morgan fingerprint density at radius 3 is 2.54 bits per heavy atom. The van der Waals surface area contributed by atoms with Crippen LogP contribution >= 0.6 is 23.2 Å². The molecule has 0 saturated carbocycles. The lowest BCUT2D eigenvalue weighted by molar-refractivity contribution is -0.134. The van der Waals surface area contributed by atoms with Gasteiger partial charge in [-0.1, -0.05) is 23.2 Å². The van der Waals surface area contributed by atoms with Crippen LogP contribution in [0.3, 0.4) is 0 Å². The number of imidazole rings is 1. The van der Waals surface area contributed by atoms with E-state index in [0.717, 1.165) is 12.8 Å². The molecule has 3 rings (SSSR count). The van der Waals surface area contributed by atoms with E-state index < -0.39 is 0 Å². The highest BCUT2D eigenvalue weighted by Crippen LogP contribution is 2.27. The number of hydrogen-bond acceptors (Lipinski definition) is 3. The Morgan fingerprint density at radius 2 is 1.88 bits per heavy atom. The first kappa shape index (κ1) is 18.8. The summed E-state index contributed by atoms with van der Waals surface area (Å²) >= 11 is 12.1. The van der Waals surface area contributed by atoms with Crippen LogP contribution in [-0.4, -0.2) is 45.0 Å². The summed E-state index contributed by atoms with van der Waals surface area (Å²) in [5.74, 6) is -0.276. The van der Waals surface area contributed by atoms with Crippen LogP contribution in [0.25, 0.3) is 11.0 Å². The number of likely N-dealkylation sites (tertiary alicyclic amines) is 1. The molecule has 0 aliphatic carbocycles. The topological polar surface area (TPSA) is 76.3 Å². The number of halogens is 2. The van der Waals surface area contributed by atoms with Crippen molar-refractivity contribution in [2.24, 2.45) is 7.05 Å². The Kier molecular flexibility index (Phi) is 5.29. The van der Waals surface area contributed by atoms with E-state index in [1.165, 1.54) is 16.1 Å². The Morgan fingerprint density at radius 1 is 1.23 bits per heavy atom. The molecule has 2 heterocycles. The quantitative estimate of drug-likeness (QED) is 0.855. The van der Waals surface area contributed by atoms with Gasteiger partial charge < -0.3 is 10.2 Å². The molecule has 7 nitrogen and oxygen atoms in total. The normalized spacial score (nSPS) is 17.5. The van der Waals surface area contributed by atoms with Crippen LogP contribution in [0.15, 0.2) is 16.9 Å². The fourth-order valence-electron chi connectivity index (χ4n) is 3.39. The summed E-state index contributed by atoms with van der Waals surface area (Å²) in [6, 6.07) is 3.17. The molecule has 1 aliphatic heterocycles. The molecule has 1 atom stereocenters. The van der Waals surface area contributed by atoms with Crippen molar-refractivity contribution in [2.45, 2.75) is 32.4 Å².